The van der Waals surface area contributed by atoms with Crippen molar-refractivity contribution in [2.75, 3.05) is 18.5 Å². The van der Waals surface area contributed by atoms with Crippen molar-refractivity contribution in [3.63, 3.8) is 0 Å². The molecule has 0 unspecified atom stereocenters. The highest BCUT2D eigenvalue weighted by Crippen LogP contribution is 2.29. The van der Waals surface area contributed by atoms with E-state index in [1.807, 2.05) is 25.1 Å². The molecule has 1 heterocycles. The fourth-order valence-corrected chi connectivity index (χ4v) is 2.66. The van der Waals surface area contributed by atoms with Gasteiger partial charge in [0, 0.05) is 6.54 Å². The Morgan fingerprint density at radius 3 is 3.16 bits per heavy atom. The Morgan fingerprint density at radius 1 is 1.58 bits per heavy atom. The summed E-state index contributed by atoms with van der Waals surface area (Å²) in [6.45, 7) is 6.88. The lowest BCUT2D eigenvalue weighted by Gasteiger charge is -2.04. The average Bonchev–Trinajstić information content (AvgIpc) is 2.78. The minimum Gasteiger partial charge on any atom is -0.494 e. The van der Waals surface area contributed by atoms with E-state index >= 15 is 0 Å². The molecule has 0 saturated heterocycles. The van der Waals surface area contributed by atoms with Crippen LogP contribution in [0, 0.1) is 0 Å². The third-order valence-corrected chi connectivity index (χ3v) is 3.48. The van der Waals surface area contributed by atoms with Crippen molar-refractivity contribution in [2.24, 2.45) is 0 Å². The van der Waals surface area contributed by atoms with E-state index in [4.69, 9.17) is 17.0 Å². The lowest BCUT2D eigenvalue weighted by atomic mass is 10.3. The SMILES string of the molecule is C=CCNC(=S)Nc1nc2ccc(OCC)cc2s1. The number of anilines is 1. The molecule has 0 aliphatic heterocycles. The Labute approximate surface area is 121 Å². The Morgan fingerprint density at radius 2 is 2.42 bits per heavy atom. The smallest absolute Gasteiger partial charge is 0.190 e. The van der Waals surface area contributed by atoms with Crippen LogP contribution in [0.15, 0.2) is 30.9 Å². The van der Waals surface area contributed by atoms with Crippen LogP contribution in [0.2, 0.25) is 0 Å². The molecule has 0 aliphatic rings. The zero-order chi connectivity index (χ0) is 13.7. The van der Waals surface area contributed by atoms with Crippen molar-refractivity contribution in [3.05, 3.63) is 30.9 Å². The molecule has 0 fully saturated rings. The van der Waals surface area contributed by atoms with E-state index in [1.54, 1.807) is 17.4 Å². The van der Waals surface area contributed by atoms with Crippen molar-refractivity contribution in [1.29, 1.82) is 0 Å². The number of ether oxygens (including phenoxy) is 1. The van der Waals surface area contributed by atoms with Gasteiger partial charge >= 0.3 is 0 Å². The predicted octanol–water partition coefficient (Wildman–Crippen LogP) is 3.17. The molecule has 2 aromatic rings. The van der Waals surface area contributed by atoms with Gasteiger partial charge in [-0.3, -0.25) is 0 Å². The molecule has 0 saturated carbocycles. The van der Waals surface area contributed by atoms with Crippen LogP contribution in [0.4, 0.5) is 5.13 Å². The zero-order valence-electron chi connectivity index (χ0n) is 10.6. The number of hydrogen-bond donors (Lipinski definition) is 2. The number of thiazole rings is 1. The van der Waals surface area contributed by atoms with E-state index in [0.29, 0.717) is 18.3 Å². The lowest BCUT2D eigenvalue weighted by molar-refractivity contribution is 0.341. The number of benzene rings is 1. The van der Waals surface area contributed by atoms with Crippen LogP contribution in [0.3, 0.4) is 0 Å². The molecule has 6 heteroatoms. The van der Waals surface area contributed by atoms with E-state index in [1.165, 1.54) is 0 Å². The third-order valence-electron chi connectivity index (χ3n) is 2.30. The first kappa shape index (κ1) is 13.8. The Kier molecular flexibility index (Phi) is 4.70. The summed E-state index contributed by atoms with van der Waals surface area (Å²) in [5, 5.41) is 7.37. The maximum Gasteiger partial charge on any atom is 0.190 e. The van der Waals surface area contributed by atoms with Gasteiger partial charge in [0.2, 0.25) is 0 Å². The van der Waals surface area contributed by atoms with Gasteiger partial charge in [-0.1, -0.05) is 17.4 Å². The van der Waals surface area contributed by atoms with Crippen molar-refractivity contribution >= 4 is 44.0 Å². The minimum absolute atomic E-state index is 0.545. The van der Waals surface area contributed by atoms with Gasteiger partial charge in [0.05, 0.1) is 16.8 Å². The van der Waals surface area contributed by atoms with Crippen LogP contribution in [0.5, 0.6) is 5.75 Å². The Bertz CT molecular complexity index is 595. The first-order valence-corrected chi connectivity index (χ1v) is 7.14. The highest BCUT2D eigenvalue weighted by molar-refractivity contribution is 7.80. The second kappa shape index (κ2) is 6.49. The first-order valence-electron chi connectivity index (χ1n) is 5.92. The molecule has 0 radical (unpaired) electrons. The molecule has 4 nitrogen and oxygen atoms in total. The molecule has 0 bridgehead atoms. The fourth-order valence-electron chi connectivity index (χ4n) is 1.52. The largest absolute Gasteiger partial charge is 0.494 e. The van der Waals surface area contributed by atoms with Crippen molar-refractivity contribution in [1.82, 2.24) is 10.3 Å². The summed E-state index contributed by atoms with van der Waals surface area (Å²) in [6.07, 6.45) is 1.75. The van der Waals surface area contributed by atoms with Crippen LogP contribution in [0.1, 0.15) is 6.92 Å². The molecule has 2 N–H and O–H groups in total. The summed E-state index contributed by atoms with van der Waals surface area (Å²) in [5.74, 6) is 0.859. The van der Waals surface area contributed by atoms with Crippen molar-refractivity contribution in [3.8, 4) is 5.75 Å². The number of nitrogens with one attached hydrogen (secondary N) is 2. The average molecular weight is 293 g/mol. The molecule has 0 spiro atoms. The second-order valence-electron chi connectivity index (χ2n) is 3.71. The second-order valence-corrected chi connectivity index (χ2v) is 5.14. The molecular formula is C13H15N3OS2. The Hall–Kier alpha value is -1.66. The first-order chi connectivity index (χ1) is 9.22. The summed E-state index contributed by atoms with van der Waals surface area (Å²) >= 11 is 6.69. The molecule has 100 valence electrons. The van der Waals surface area contributed by atoms with E-state index < -0.39 is 0 Å². The van der Waals surface area contributed by atoms with E-state index in [-0.39, 0.29) is 0 Å². The van der Waals surface area contributed by atoms with Crippen LogP contribution in [-0.2, 0) is 0 Å². The van der Waals surface area contributed by atoms with Crippen LogP contribution >= 0.6 is 23.6 Å². The third kappa shape index (κ3) is 3.65. The molecule has 19 heavy (non-hydrogen) atoms. The highest BCUT2D eigenvalue weighted by atomic mass is 32.1. The number of hydrogen-bond acceptors (Lipinski definition) is 4. The van der Waals surface area contributed by atoms with Gasteiger partial charge in [-0.2, -0.15) is 0 Å². The van der Waals surface area contributed by atoms with Gasteiger partial charge in [0.1, 0.15) is 5.75 Å². The number of aromatic nitrogens is 1. The van der Waals surface area contributed by atoms with E-state index in [2.05, 4.69) is 22.2 Å². The molecule has 2 rings (SSSR count). The van der Waals surface area contributed by atoms with Gasteiger partial charge in [-0.25, -0.2) is 4.98 Å². The van der Waals surface area contributed by atoms with E-state index in [9.17, 15) is 0 Å². The summed E-state index contributed by atoms with van der Waals surface area (Å²) in [7, 11) is 0. The number of fused-ring (bicyclic) bond motifs is 1. The number of rotatable bonds is 5. The minimum atomic E-state index is 0.545. The molecular weight excluding hydrogens is 278 g/mol. The normalized spacial score (nSPS) is 10.2. The molecule has 0 atom stereocenters. The maximum absolute atomic E-state index is 5.47. The van der Waals surface area contributed by atoms with Crippen LogP contribution < -0.4 is 15.4 Å². The van der Waals surface area contributed by atoms with Crippen molar-refractivity contribution in [2.45, 2.75) is 6.92 Å². The van der Waals surface area contributed by atoms with Crippen LogP contribution in [0.25, 0.3) is 10.2 Å². The summed E-state index contributed by atoms with van der Waals surface area (Å²) in [5.41, 5.74) is 0.933. The monoisotopic (exact) mass is 293 g/mol. The summed E-state index contributed by atoms with van der Waals surface area (Å²) in [4.78, 5) is 4.46. The molecule has 1 aromatic carbocycles. The topological polar surface area (TPSA) is 46.2 Å². The van der Waals surface area contributed by atoms with Gasteiger partial charge in [0.25, 0.3) is 0 Å². The fraction of sp³-hybridized carbons (Fsp3) is 0.231. The Balaban J connectivity index is 2.12. The van der Waals surface area contributed by atoms with Gasteiger partial charge in [0.15, 0.2) is 10.2 Å². The maximum atomic E-state index is 5.47. The summed E-state index contributed by atoms with van der Waals surface area (Å²) < 4.78 is 6.54. The number of thiocarbonyl (C=S) groups is 1. The molecule has 0 amide bonds. The number of nitrogens with zero attached hydrogens (tertiary/aromatic N) is 1. The molecule has 1 aromatic heterocycles. The quantitative estimate of drug-likeness (QED) is 0.655. The lowest BCUT2D eigenvalue weighted by Crippen LogP contribution is -2.28. The van der Waals surface area contributed by atoms with E-state index in [0.717, 1.165) is 21.1 Å². The zero-order valence-corrected chi connectivity index (χ0v) is 12.2. The summed E-state index contributed by atoms with van der Waals surface area (Å²) in [6, 6.07) is 5.85. The van der Waals surface area contributed by atoms with Gasteiger partial charge in [-0.05, 0) is 37.3 Å². The standard InChI is InChI=1S/C13H15N3OS2/c1-3-7-14-12(18)16-13-15-10-6-5-9(17-4-2)8-11(10)19-13/h3,5-6,8H,1,4,7H2,2H3,(H2,14,15,16,18). The predicted molar refractivity (Wildman–Crippen MR) is 85.2 cm³/mol. The molecule has 0 aliphatic carbocycles. The van der Waals surface area contributed by atoms with Crippen LogP contribution in [-0.4, -0.2) is 23.2 Å². The van der Waals surface area contributed by atoms with Gasteiger partial charge in [-0.15, -0.1) is 6.58 Å². The van der Waals surface area contributed by atoms with Gasteiger partial charge < -0.3 is 15.4 Å². The highest BCUT2D eigenvalue weighted by Gasteiger charge is 2.06. The van der Waals surface area contributed by atoms with Crippen molar-refractivity contribution < 1.29 is 4.74 Å².